The van der Waals surface area contributed by atoms with Gasteiger partial charge < -0.3 is 5.11 Å². The fourth-order valence-electron chi connectivity index (χ4n) is 1.93. The van der Waals surface area contributed by atoms with Gasteiger partial charge in [0.15, 0.2) is 0 Å². The van der Waals surface area contributed by atoms with Gasteiger partial charge in [-0.15, -0.1) is 11.3 Å². The molecule has 0 radical (unpaired) electrons. The van der Waals surface area contributed by atoms with Gasteiger partial charge in [0.2, 0.25) is 0 Å². The molecular weight excluding hydrogens is 311 g/mol. The molecule has 2 rings (SSSR count). The van der Waals surface area contributed by atoms with Crippen molar-refractivity contribution >= 4 is 34.5 Å². The van der Waals surface area contributed by atoms with Crippen molar-refractivity contribution in [1.29, 1.82) is 0 Å². The molecule has 1 aromatic carbocycles. The van der Waals surface area contributed by atoms with Crippen LogP contribution in [-0.2, 0) is 11.8 Å². The molecule has 0 amide bonds. The third-order valence-corrected chi connectivity index (χ3v) is 5.32. The summed E-state index contributed by atoms with van der Waals surface area (Å²) in [5.41, 5.74) is 1.02. The van der Waals surface area contributed by atoms with E-state index in [4.69, 9.17) is 23.2 Å². The highest BCUT2D eigenvalue weighted by Gasteiger charge is 2.19. The minimum atomic E-state index is -0.533. The Bertz CT molecular complexity index is 599. The Morgan fingerprint density at radius 2 is 1.85 bits per heavy atom. The van der Waals surface area contributed by atoms with E-state index >= 15 is 0 Å². The molecule has 1 atom stereocenters. The van der Waals surface area contributed by atoms with Gasteiger partial charge >= 0.3 is 0 Å². The molecule has 0 saturated carbocycles. The van der Waals surface area contributed by atoms with Gasteiger partial charge in [-0.2, -0.15) is 0 Å². The molecule has 0 aliphatic rings. The summed E-state index contributed by atoms with van der Waals surface area (Å²) in [6.07, 6.45) is -0.0325. The van der Waals surface area contributed by atoms with E-state index in [9.17, 15) is 5.11 Å². The van der Waals surface area contributed by atoms with E-state index in [1.165, 1.54) is 4.88 Å². The van der Waals surface area contributed by atoms with Crippen LogP contribution in [-0.4, -0.2) is 5.11 Å². The molecule has 0 spiro atoms. The standard InChI is InChI=1S/C16H18Cl2OS/c1-16(2,3)15-7-6-14(20-15)13(19)8-10-4-5-11(17)9-12(10)18/h4-7,9,13,19H,8H2,1-3H3. The molecule has 0 fully saturated rings. The van der Waals surface area contributed by atoms with E-state index < -0.39 is 6.10 Å². The van der Waals surface area contributed by atoms with Crippen molar-refractivity contribution in [3.63, 3.8) is 0 Å². The zero-order valence-electron chi connectivity index (χ0n) is 11.8. The van der Waals surface area contributed by atoms with E-state index in [1.807, 2.05) is 12.1 Å². The highest BCUT2D eigenvalue weighted by Crippen LogP contribution is 2.34. The van der Waals surface area contributed by atoms with E-state index in [2.05, 4.69) is 26.8 Å². The molecular formula is C16H18Cl2OS. The van der Waals surface area contributed by atoms with Crippen LogP contribution in [0, 0.1) is 0 Å². The topological polar surface area (TPSA) is 20.2 Å². The fraction of sp³-hybridized carbons (Fsp3) is 0.375. The SMILES string of the molecule is CC(C)(C)c1ccc(C(O)Cc2ccc(Cl)cc2Cl)s1. The smallest absolute Gasteiger partial charge is 0.0922 e. The summed E-state index contributed by atoms with van der Waals surface area (Å²) in [6.45, 7) is 6.52. The largest absolute Gasteiger partial charge is 0.387 e. The predicted octanol–water partition coefficient (Wildman–Crippen LogP) is 5.63. The molecule has 2 aromatic rings. The number of thiophene rings is 1. The zero-order valence-corrected chi connectivity index (χ0v) is 14.1. The van der Waals surface area contributed by atoms with Gasteiger partial charge in [0.1, 0.15) is 0 Å². The first-order valence-electron chi connectivity index (χ1n) is 6.49. The summed E-state index contributed by atoms with van der Waals surface area (Å²) in [4.78, 5) is 2.25. The van der Waals surface area contributed by atoms with Crippen LogP contribution >= 0.6 is 34.5 Å². The maximum Gasteiger partial charge on any atom is 0.0922 e. The number of aliphatic hydroxyl groups is 1. The van der Waals surface area contributed by atoms with Gasteiger partial charge in [-0.3, -0.25) is 0 Å². The zero-order chi connectivity index (χ0) is 14.9. The summed E-state index contributed by atoms with van der Waals surface area (Å²) in [5.74, 6) is 0. The van der Waals surface area contributed by atoms with Crippen molar-refractivity contribution in [3.05, 3.63) is 55.7 Å². The van der Waals surface area contributed by atoms with Crippen LogP contribution in [0.1, 0.15) is 42.2 Å². The lowest BCUT2D eigenvalue weighted by Crippen LogP contribution is -2.08. The molecule has 0 aliphatic heterocycles. The summed E-state index contributed by atoms with van der Waals surface area (Å²) < 4.78 is 0. The molecule has 1 unspecified atom stereocenters. The Labute approximate surface area is 134 Å². The Morgan fingerprint density at radius 1 is 1.15 bits per heavy atom. The molecule has 1 nitrogen and oxygen atoms in total. The number of aliphatic hydroxyl groups excluding tert-OH is 1. The first-order valence-corrected chi connectivity index (χ1v) is 8.07. The van der Waals surface area contributed by atoms with Gasteiger partial charge in [-0.1, -0.05) is 50.0 Å². The van der Waals surface area contributed by atoms with Crippen LogP contribution in [0.4, 0.5) is 0 Å². The molecule has 1 heterocycles. The quantitative estimate of drug-likeness (QED) is 0.774. The van der Waals surface area contributed by atoms with Crippen LogP contribution in [0.5, 0.6) is 0 Å². The fourth-order valence-corrected chi connectivity index (χ4v) is 3.47. The van der Waals surface area contributed by atoms with E-state index in [0.29, 0.717) is 16.5 Å². The van der Waals surface area contributed by atoms with Crippen LogP contribution in [0.2, 0.25) is 10.0 Å². The summed E-state index contributed by atoms with van der Waals surface area (Å²) in [6, 6.07) is 9.46. The minimum Gasteiger partial charge on any atom is -0.387 e. The van der Waals surface area contributed by atoms with Crippen molar-refractivity contribution in [1.82, 2.24) is 0 Å². The lowest BCUT2D eigenvalue weighted by Gasteiger charge is -2.16. The molecule has 0 aliphatic carbocycles. The molecule has 4 heteroatoms. The van der Waals surface area contributed by atoms with Gasteiger partial charge in [-0.05, 0) is 35.2 Å². The van der Waals surface area contributed by atoms with Crippen molar-refractivity contribution < 1.29 is 5.11 Å². The van der Waals surface area contributed by atoms with Crippen LogP contribution in [0.25, 0.3) is 0 Å². The van der Waals surface area contributed by atoms with Gasteiger partial charge in [0, 0.05) is 26.2 Å². The van der Waals surface area contributed by atoms with Crippen LogP contribution in [0.15, 0.2) is 30.3 Å². The molecule has 1 aromatic heterocycles. The number of benzene rings is 1. The summed E-state index contributed by atoms with van der Waals surface area (Å²) in [5, 5.41) is 11.6. The maximum atomic E-state index is 10.4. The van der Waals surface area contributed by atoms with Gasteiger partial charge in [0.05, 0.1) is 6.10 Å². The molecule has 1 N–H and O–H groups in total. The van der Waals surface area contributed by atoms with Gasteiger partial charge in [-0.25, -0.2) is 0 Å². The van der Waals surface area contributed by atoms with Crippen molar-refractivity contribution in [2.45, 2.75) is 38.7 Å². The average molecular weight is 329 g/mol. The number of rotatable bonds is 3. The summed E-state index contributed by atoms with van der Waals surface area (Å²) in [7, 11) is 0. The second kappa shape index (κ2) is 6.07. The van der Waals surface area contributed by atoms with E-state index in [1.54, 1.807) is 23.5 Å². The average Bonchev–Trinajstić information content (AvgIpc) is 2.82. The Balaban J connectivity index is 2.16. The Kier molecular flexibility index (Phi) is 4.80. The highest BCUT2D eigenvalue weighted by molar-refractivity contribution is 7.12. The second-order valence-corrected chi connectivity index (χ2v) is 7.87. The highest BCUT2D eigenvalue weighted by atomic mass is 35.5. The van der Waals surface area contributed by atoms with Crippen molar-refractivity contribution in [3.8, 4) is 0 Å². The predicted molar refractivity (Wildman–Crippen MR) is 88.1 cm³/mol. The minimum absolute atomic E-state index is 0.112. The third-order valence-electron chi connectivity index (χ3n) is 3.12. The second-order valence-electron chi connectivity index (χ2n) is 5.91. The monoisotopic (exact) mass is 328 g/mol. The Hall–Kier alpha value is -0.540. The lowest BCUT2D eigenvalue weighted by atomic mass is 9.95. The Morgan fingerprint density at radius 3 is 2.40 bits per heavy atom. The first kappa shape index (κ1) is 15.8. The van der Waals surface area contributed by atoms with Crippen molar-refractivity contribution in [2.75, 3.05) is 0 Å². The van der Waals surface area contributed by atoms with Crippen molar-refractivity contribution in [2.24, 2.45) is 0 Å². The van der Waals surface area contributed by atoms with Crippen LogP contribution in [0.3, 0.4) is 0 Å². The third kappa shape index (κ3) is 3.76. The van der Waals surface area contributed by atoms with Gasteiger partial charge in [0.25, 0.3) is 0 Å². The lowest BCUT2D eigenvalue weighted by molar-refractivity contribution is 0.182. The number of hydrogen-bond acceptors (Lipinski definition) is 2. The normalized spacial score (nSPS) is 13.5. The number of halogens is 2. The molecule has 20 heavy (non-hydrogen) atoms. The first-order chi connectivity index (χ1) is 9.27. The molecule has 0 bridgehead atoms. The van der Waals surface area contributed by atoms with E-state index in [0.717, 1.165) is 10.4 Å². The summed E-state index contributed by atoms with van der Waals surface area (Å²) >= 11 is 13.7. The number of hydrogen-bond donors (Lipinski definition) is 1. The molecule has 0 saturated heterocycles. The maximum absolute atomic E-state index is 10.4. The molecule has 108 valence electrons. The van der Waals surface area contributed by atoms with Crippen LogP contribution < -0.4 is 0 Å². The van der Waals surface area contributed by atoms with E-state index in [-0.39, 0.29) is 5.41 Å².